The molecule has 0 radical (unpaired) electrons. The fourth-order valence-corrected chi connectivity index (χ4v) is 16.1. The van der Waals surface area contributed by atoms with Gasteiger partial charge in [0.05, 0.1) is 63.2 Å². The fraction of sp³-hybridized carbons (Fsp3) is 0.407. The molecule has 5 heterocycles. The van der Waals surface area contributed by atoms with Gasteiger partial charge in [-0.05, 0) is 235 Å². The number of halogens is 7. The quantitative estimate of drug-likeness (QED) is 0.0228. The second-order valence-electron chi connectivity index (χ2n) is 31.3. The summed E-state index contributed by atoms with van der Waals surface area (Å²) in [5, 5.41) is 40.3. The van der Waals surface area contributed by atoms with E-state index in [0.29, 0.717) is 119 Å². The third kappa shape index (κ3) is 26.2. The summed E-state index contributed by atoms with van der Waals surface area (Å²) in [4.78, 5) is 103. The summed E-state index contributed by atoms with van der Waals surface area (Å²) in [6, 6.07) is 38.5. The van der Waals surface area contributed by atoms with E-state index in [9.17, 15) is 44.1 Å². The van der Waals surface area contributed by atoms with Gasteiger partial charge in [-0.2, -0.15) is 0 Å². The van der Waals surface area contributed by atoms with Crippen LogP contribution in [0.3, 0.4) is 0 Å². The summed E-state index contributed by atoms with van der Waals surface area (Å²) >= 11 is 27.6. The topological polar surface area (TPSA) is 297 Å². The number of benzene rings is 5. The van der Waals surface area contributed by atoms with Crippen LogP contribution >= 0.6 is 95.0 Å². The Labute approximate surface area is 757 Å². The number of ether oxygens (including phenoxy) is 4. The lowest BCUT2D eigenvalue weighted by Gasteiger charge is -2.33. The van der Waals surface area contributed by atoms with Crippen LogP contribution in [0, 0.1) is 27.7 Å². The van der Waals surface area contributed by atoms with E-state index >= 15 is 0 Å². The Morgan fingerprint density at radius 2 is 0.779 bits per heavy atom. The summed E-state index contributed by atoms with van der Waals surface area (Å²) < 4.78 is 23.4. The van der Waals surface area contributed by atoms with Gasteiger partial charge >= 0.3 is 17.9 Å². The van der Waals surface area contributed by atoms with Gasteiger partial charge in [0.15, 0.2) is 0 Å². The van der Waals surface area contributed by atoms with Gasteiger partial charge in [-0.3, -0.25) is 14.4 Å². The molecular formula is C91H109Cl7N10O13S. The highest BCUT2D eigenvalue weighted by atomic mass is 35.5. The highest BCUT2D eigenvalue weighted by molar-refractivity contribution is 7.10. The van der Waals surface area contributed by atoms with Crippen LogP contribution in [0.1, 0.15) is 156 Å². The molecule has 3 aliphatic rings. The van der Waals surface area contributed by atoms with Gasteiger partial charge in [-0.25, -0.2) is 34.3 Å². The number of pyridine rings is 3. The molecule has 5 aromatic carbocycles. The molecule has 2 aliphatic carbocycles. The van der Waals surface area contributed by atoms with E-state index in [2.05, 4.69) is 35.6 Å². The molecule has 1 unspecified atom stereocenters. The minimum Gasteiger partial charge on any atom is -0.492 e. The van der Waals surface area contributed by atoms with E-state index in [1.165, 1.54) is 11.3 Å². The monoisotopic (exact) mass is 1830 g/mol. The van der Waals surface area contributed by atoms with Crippen molar-refractivity contribution in [3.8, 4) is 84.5 Å². The summed E-state index contributed by atoms with van der Waals surface area (Å²) in [7, 11) is 12.1. The number of nitrogens with zero attached hydrogens (tertiary/aromatic N) is 7. The van der Waals surface area contributed by atoms with Gasteiger partial charge in [-0.15, -0.1) is 48.6 Å². The van der Waals surface area contributed by atoms with Crippen LogP contribution in [0.25, 0.3) is 67.3 Å². The standard InChI is InChI=1S/C32H37Cl2N3O4.C31H36ClN3O5.C28H33ClN4O4S.3ClH/c1-20-17-24(26(34)18-21(20)2)23-10-12-27(30(38)36-32(31(39)40)13-6-5-7-14-32)35-29(23)22-9-11-25(33)28(19-22)41-16-8-15-37(3)4;1-21-8-4-5-9-23(21)24-11-13-26(29(36)34-31(30(37)38)14-6-17-39-19-15-31)33-28(24)22-10-12-25(32)27(20-22)40-18-7-16-35(2)3;1-18-24(30-17-38-18)20-9-11-22(26(34)32-28(27(35)36)12-5-4-6-13-28)31-25(20)19-8-10-21(29)23(16-19)37-15-7-14-33(2)3;;;/h9-12,17-19H,5-8,13-16H2,1-4H3,(H,36,38)(H,39,40);4-5,8-13,20H,6-7,14-19H2,1-3H3,(H,34,36)(H,37,38);8-11,16-17H,4-7,12-15H2,1-3H3,(H,32,34)(H,35,36);3*1H. The van der Waals surface area contributed by atoms with Crippen LogP contribution in [-0.4, -0.2) is 197 Å². The van der Waals surface area contributed by atoms with Crippen molar-refractivity contribution in [2.75, 3.05) is 95.0 Å². The first kappa shape index (κ1) is 100. The first-order valence-corrected chi connectivity index (χ1v) is 42.5. The predicted octanol–water partition coefficient (Wildman–Crippen LogP) is 19.6. The van der Waals surface area contributed by atoms with E-state index in [0.717, 1.165) is 144 Å². The number of carbonyl (C=O) groups excluding carboxylic acids is 3. The van der Waals surface area contributed by atoms with Crippen molar-refractivity contribution in [3.05, 3.63) is 192 Å². The number of carbonyl (C=O) groups is 6. The van der Waals surface area contributed by atoms with Crippen LogP contribution in [0.15, 0.2) is 133 Å². The zero-order valence-corrected chi connectivity index (χ0v) is 76.7. The van der Waals surface area contributed by atoms with Gasteiger partial charge in [0.2, 0.25) is 0 Å². The molecule has 122 heavy (non-hydrogen) atoms. The molecule has 2 saturated carbocycles. The van der Waals surface area contributed by atoms with E-state index in [1.807, 2.05) is 161 Å². The molecule has 1 saturated heterocycles. The number of hydrogen-bond donors (Lipinski definition) is 6. The summed E-state index contributed by atoms with van der Waals surface area (Å²) in [6.07, 6.45) is 10.1. The molecule has 6 N–H and O–H groups in total. The van der Waals surface area contributed by atoms with Crippen LogP contribution < -0.4 is 30.2 Å². The first-order valence-electron chi connectivity index (χ1n) is 40.2. The molecule has 9 aromatic rings. The van der Waals surface area contributed by atoms with Crippen molar-refractivity contribution >= 4 is 131 Å². The van der Waals surface area contributed by atoms with Crippen molar-refractivity contribution < 1.29 is 63.0 Å². The Morgan fingerprint density at radius 3 is 1.16 bits per heavy atom. The van der Waals surface area contributed by atoms with Crippen LogP contribution in [0.2, 0.25) is 20.1 Å². The number of carboxylic acids is 3. The van der Waals surface area contributed by atoms with Crippen LogP contribution in [0.5, 0.6) is 17.2 Å². The molecule has 1 aliphatic heterocycles. The Bertz CT molecular complexity index is 5090. The number of amides is 3. The Balaban J connectivity index is 0.000000249. The molecule has 3 fully saturated rings. The summed E-state index contributed by atoms with van der Waals surface area (Å²) in [6.45, 7) is 12.9. The zero-order chi connectivity index (χ0) is 85.7. The third-order valence-corrected chi connectivity index (χ3v) is 23.6. The Kier molecular flexibility index (Phi) is 38.5. The number of rotatable bonds is 30. The summed E-state index contributed by atoms with van der Waals surface area (Å²) in [5.74, 6) is -3.08. The predicted molar refractivity (Wildman–Crippen MR) is 492 cm³/mol. The van der Waals surface area contributed by atoms with Crippen molar-refractivity contribution in [3.63, 3.8) is 0 Å². The highest BCUT2D eigenvalue weighted by Crippen LogP contribution is 2.43. The maximum absolute atomic E-state index is 13.5. The van der Waals surface area contributed by atoms with E-state index in [-0.39, 0.29) is 73.8 Å². The molecule has 31 heteroatoms. The SMILES string of the molecule is Cc1cc(Cl)c(-c2ccc(C(=O)NC3(C(=O)O)CCCCC3)nc2-c2ccc(Cl)c(OCCCN(C)C)c2)cc1C.Cc1ccccc1-c1ccc(C(=O)NC2(C(=O)O)CCCOCC2)nc1-c1ccc(Cl)c(OCCCN(C)C)c1.Cc1scnc1-c1ccc(C(=O)NC2(C(=O)O)CCCCC2)nc1-c1ccc(Cl)c(OCCCN(C)C)c1.Cl.Cl.Cl. The van der Waals surface area contributed by atoms with Crippen LogP contribution in [0.4, 0.5) is 0 Å². The van der Waals surface area contributed by atoms with Gasteiger partial charge in [0.25, 0.3) is 17.7 Å². The molecule has 1 atom stereocenters. The molecule has 4 aromatic heterocycles. The molecule has 12 rings (SSSR count). The Morgan fingerprint density at radius 1 is 0.410 bits per heavy atom. The number of aliphatic carboxylic acids is 3. The number of hydrogen-bond acceptors (Lipinski definition) is 18. The van der Waals surface area contributed by atoms with Crippen molar-refractivity contribution in [2.45, 2.75) is 147 Å². The van der Waals surface area contributed by atoms with Crippen LogP contribution in [-0.2, 0) is 19.1 Å². The minimum absolute atomic E-state index is 0. The average Bonchev–Trinajstić information content (AvgIpc) is 0.903. The molecule has 0 bridgehead atoms. The molecule has 0 spiro atoms. The van der Waals surface area contributed by atoms with Crippen molar-refractivity contribution in [1.82, 2.24) is 50.6 Å². The normalized spacial score (nSPS) is 15.2. The number of aromatic nitrogens is 4. The smallest absolute Gasteiger partial charge is 0.329 e. The third-order valence-electron chi connectivity index (χ3n) is 21.6. The number of carboxylic acid groups (broad SMARTS) is 3. The maximum Gasteiger partial charge on any atom is 0.329 e. The average molecular weight is 1830 g/mol. The van der Waals surface area contributed by atoms with E-state index in [1.54, 1.807) is 41.9 Å². The van der Waals surface area contributed by atoms with E-state index in [4.69, 9.17) is 80.3 Å². The molecule has 23 nitrogen and oxygen atoms in total. The van der Waals surface area contributed by atoms with Crippen molar-refractivity contribution in [2.24, 2.45) is 0 Å². The molecular weight excluding hydrogens is 1720 g/mol. The lowest BCUT2D eigenvalue weighted by molar-refractivity contribution is -0.146. The first-order chi connectivity index (χ1) is 56.9. The second kappa shape index (κ2) is 46.8. The van der Waals surface area contributed by atoms with Gasteiger partial charge < -0.3 is 64.9 Å². The largest absolute Gasteiger partial charge is 0.492 e. The lowest BCUT2D eigenvalue weighted by Crippen LogP contribution is -2.55. The fourth-order valence-electron chi connectivity index (χ4n) is 14.7. The van der Waals surface area contributed by atoms with Crippen molar-refractivity contribution in [1.29, 1.82) is 0 Å². The number of nitrogens with one attached hydrogen (secondary N) is 3. The number of aryl methyl sites for hydroxylation is 4. The Hall–Kier alpha value is -8.73. The van der Waals surface area contributed by atoms with E-state index < -0.39 is 52.2 Å². The minimum atomic E-state index is -1.40. The van der Waals surface area contributed by atoms with Gasteiger partial charge in [0.1, 0.15) is 50.9 Å². The van der Waals surface area contributed by atoms with Gasteiger partial charge in [0, 0.05) is 88.1 Å². The lowest BCUT2D eigenvalue weighted by atomic mass is 9.81. The number of thiazole rings is 1. The summed E-state index contributed by atoms with van der Waals surface area (Å²) in [5.41, 5.74) is 10.1. The zero-order valence-electron chi connectivity index (χ0n) is 70.4. The molecule has 656 valence electrons. The highest BCUT2D eigenvalue weighted by Gasteiger charge is 2.44. The molecule has 3 amide bonds. The second-order valence-corrected chi connectivity index (χ2v) is 34.0. The maximum atomic E-state index is 13.5. The van der Waals surface area contributed by atoms with Gasteiger partial charge in [-0.1, -0.05) is 127 Å².